The lowest BCUT2D eigenvalue weighted by molar-refractivity contribution is -0.146. The van der Waals surface area contributed by atoms with Gasteiger partial charge in [-0.25, -0.2) is 9.67 Å². The lowest BCUT2D eigenvalue weighted by Crippen LogP contribution is -2.37. The fourth-order valence-corrected chi connectivity index (χ4v) is 3.24. The zero-order valence-electron chi connectivity index (χ0n) is 12.7. The van der Waals surface area contributed by atoms with Gasteiger partial charge in [0, 0.05) is 11.8 Å². The molecule has 1 aromatic heterocycles. The van der Waals surface area contributed by atoms with E-state index in [2.05, 4.69) is 10.1 Å². The van der Waals surface area contributed by atoms with Crippen LogP contribution in [0.3, 0.4) is 0 Å². The van der Waals surface area contributed by atoms with Gasteiger partial charge in [0.1, 0.15) is 5.92 Å². The van der Waals surface area contributed by atoms with Crippen molar-refractivity contribution in [1.29, 1.82) is 0 Å². The van der Waals surface area contributed by atoms with Crippen molar-refractivity contribution >= 4 is 40.7 Å². The number of rotatable bonds is 3. The SMILES string of the molecule is CCOC(=O)C1C(C)=Nc2ccnn2C1c1cccc(Cl)c1Cl. The molecule has 3 rings (SSSR count). The summed E-state index contributed by atoms with van der Waals surface area (Å²) in [5.41, 5.74) is 1.38. The van der Waals surface area contributed by atoms with E-state index in [9.17, 15) is 4.79 Å². The average Bonchev–Trinajstić information content (AvgIpc) is 2.97. The third kappa shape index (κ3) is 2.75. The summed E-state index contributed by atoms with van der Waals surface area (Å²) in [4.78, 5) is 17.0. The molecule has 0 bridgehead atoms. The third-order valence-corrected chi connectivity index (χ3v) is 4.64. The van der Waals surface area contributed by atoms with Gasteiger partial charge < -0.3 is 4.74 Å². The van der Waals surface area contributed by atoms with E-state index in [-0.39, 0.29) is 5.97 Å². The van der Waals surface area contributed by atoms with Crippen molar-refractivity contribution in [3.05, 3.63) is 46.1 Å². The van der Waals surface area contributed by atoms with Crippen LogP contribution in [0.2, 0.25) is 10.0 Å². The predicted molar refractivity (Wildman–Crippen MR) is 89.7 cm³/mol. The number of aromatic nitrogens is 2. The molecule has 1 aliphatic rings. The van der Waals surface area contributed by atoms with Crippen LogP contribution in [0.15, 0.2) is 35.5 Å². The van der Waals surface area contributed by atoms with Crippen LogP contribution in [0.25, 0.3) is 0 Å². The highest BCUT2D eigenvalue weighted by Crippen LogP contribution is 2.41. The van der Waals surface area contributed by atoms with Crippen LogP contribution in [0.4, 0.5) is 5.82 Å². The predicted octanol–water partition coefficient (Wildman–Crippen LogP) is 4.06. The molecule has 7 heteroatoms. The van der Waals surface area contributed by atoms with Gasteiger partial charge in [-0.2, -0.15) is 5.10 Å². The van der Waals surface area contributed by atoms with Crippen LogP contribution >= 0.6 is 23.2 Å². The zero-order valence-corrected chi connectivity index (χ0v) is 14.2. The first kappa shape index (κ1) is 16.0. The molecule has 1 aromatic carbocycles. The Morgan fingerprint density at radius 1 is 1.35 bits per heavy atom. The molecule has 23 heavy (non-hydrogen) atoms. The van der Waals surface area contributed by atoms with E-state index < -0.39 is 12.0 Å². The molecule has 1 aliphatic heterocycles. The number of hydrogen-bond acceptors (Lipinski definition) is 4. The van der Waals surface area contributed by atoms with Crippen molar-refractivity contribution in [1.82, 2.24) is 9.78 Å². The lowest BCUT2D eigenvalue weighted by Gasteiger charge is -2.31. The van der Waals surface area contributed by atoms with Crippen LogP contribution in [0, 0.1) is 5.92 Å². The standard InChI is InChI=1S/C16H15Cl2N3O2/c1-3-23-16(22)13-9(2)20-12-7-8-19-21(12)15(13)10-5-4-6-11(17)14(10)18/h4-8,13,15H,3H2,1-2H3. The van der Waals surface area contributed by atoms with E-state index in [1.807, 2.05) is 13.0 Å². The number of aliphatic imine (C=N–C) groups is 1. The minimum absolute atomic E-state index is 0.296. The summed E-state index contributed by atoms with van der Waals surface area (Å²) in [7, 11) is 0. The summed E-state index contributed by atoms with van der Waals surface area (Å²) >= 11 is 12.5. The summed E-state index contributed by atoms with van der Waals surface area (Å²) in [6.07, 6.45) is 1.64. The van der Waals surface area contributed by atoms with Gasteiger partial charge in [-0.15, -0.1) is 0 Å². The van der Waals surface area contributed by atoms with Crippen LogP contribution < -0.4 is 0 Å². The highest BCUT2D eigenvalue weighted by atomic mass is 35.5. The van der Waals surface area contributed by atoms with Gasteiger partial charge in [-0.05, 0) is 25.5 Å². The monoisotopic (exact) mass is 351 g/mol. The Labute approximate surface area is 143 Å². The number of ether oxygens (including phenoxy) is 1. The minimum Gasteiger partial charge on any atom is -0.465 e. The van der Waals surface area contributed by atoms with Gasteiger partial charge in [0.2, 0.25) is 0 Å². The van der Waals surface area contributed by atoms with Gasteiger partial charge in [0.25, 0.3) is 0 Å². The number of esters is 1. The fraction of sp³-hybridized carbons (Fsp3) is 0.312. The normalized spacial score (nSPS) is 19.9. The number of carbonyl (C=O) groups excluding carboxylic acids is 1. The smallest absolute Gasteiger partial charge is 0.317 e. The van der Waals surface area contributed by atoms with Crippen molar-refractivity contribution in [3.8, 4) is 0 Å². The number of nitrogens with zero attached hydrogens (tertiary/aromatic N) is 3. The third-order valence-electron chi connectivity index (χ3n) is 3.81. The molecule has 120 valence electrons. The van der Waals surface area contributed by atoms with Crippen molar-refractivity contribution in [2.45, 2.75) is 19.9 Å². The summed E-state index contributed by atoms with van der Waals surface area (Å²) in [5.74, 6) is -0.279. The first-order valence-corrected chi connectivity index (χ1v) is 7.99. The fourth-order valence-electron chi connectivity index (χ4n) is 2.82. The first-order valence-electron chi connectivity index (χ1n) is 7.23. The minimum atomic E-state index is -0.599. The van der Waals surface area contributed by atoms with Crippen LogP contribution in [0.1, 0.15) is 25.5 Å². The van der Waals surface area contributed by atoms with E-state index in [4.69, 9.17) is 27.9 Å². The highest BCUT2D eigenvalue weighted by Gasteiger charge is 2.40. The maximum atomic E-state index is 12.5. The number of halogens is 2. The number of fused-ring (bicyclic) bond motifs is 1. The zero-order chi connectivity index (χ0) is 16.6. The van der Waals surface area contributed by atoms with Crippen LogP contribution in [-0.2, 0) is 9.53 Å². The molecular formula is C16H15Cl2N3O2. The summed E-state index contributed by atoms with van der Waals surface area (Å²) in [5, 5.41) is 5.15. The molecule has 0 spiro atoms. The van der Waals surface area contributed by atoms with Gasteiger partial charge >= 0.3 is 5.97 Å². The molecule has 2 aromatic rings. The molecule has 0 aliphatic carbocycles. The Balaban J connectivity index is 2.18. The van der Waals surface area contributed by atoms with Crippen LogP contribution in [-0.4, -0.2) is 28.1 Å². The largest absolute Gasteiger partial charge is 0.465 e. The van der Waals surface area contributed by atoms with E-state index in [0.717, 1.165) is 5.56 Å². The van der Waals surface area contributed by atoms with Crippen molar-refractivity contribution < 1.29 is 9.53 Å². The molecular weight excluding hydrogens is 337 g/mol. The second kappa shape index (κ2) is 6.34. The molecule has 2 heterocycles. The molecule has 0 radical (unpaired) electrons. The van der Waals surface area contributed by atoms with Crippen molar-refractivity contribution in [2.24, 2.45) is 10.9 Å². The Morgan fingerprint density at radius 2 is 2.13 bits per heavy atom. The highest BCUT2D eigenvalue weighted by molar-refractivity contribution is 6.42. The van der Waals surface area contributed by atoms with Gasteiger partial charge in [0.05, 0.1) is 28.9 Å². The van der Waals surface area contributed by atoms with Crippen molar-refractivity contribution in [3.63, 3.8) is 0 Å². The Kier molecular flexibility index (Phi) is 4.41. The number of carbonyl (C=O) groups is 1. The Morgan fingerprint density at radius 3 is 2.87 bits per heavy atom. The second-order valence-corrected chi connectivity index (χ2v) is 5.99. The van der Waals surface area contributed by atoms with E-state index >= 15 is 0 Å². The van der Waals surface area contributed by atoms with Gasteiger partial charge in [-0.1, -0.05) is 35.3 Å². The maximum Gasteiger partial charge on any atom is 0.317 e. The van der Waals surface area contributed by atoms with E-state index in [1.165, 1.54) is 0 Å². The van der Waals surface area contributed by atoms with Gasteiger partial charge in [-0.3, -0.25) is 4.79 Å². The topological polar surface area (TPSA) is 56.5 Å². The molecule has 0 fully saturated rings. The Bertz CT molecular complexity index is 785. The molecule has 0 amide bonds. The number of benzene rings is 1. The summed E-state index contributed by atoms with van der Waals surface area (Å²) < 4.78 is 6.91. The first-order chi connectivity index (χ1) is 11.0. The molecule has 0 saturated heterocycles. The van der Waals surface area contributed by atoms with E-state index in [0.29, 0.717) is 28.2 Å². The molecule has 5 nitrogen and oxygen atoms in total. The molecule has 0 saturated carbocycles. The Hall–Kier alpha value is -1.85. The molecule has 0 N–H and O–H groups in total. The van der Waals surface area contributed by atoms with Crippen molar-refractivity contribution in [2.75, 3.05) is 6.61 Å². The van der Waals surface area contributed by atoms with E-state index in [1.54, 1.807) is 36.0 Å². The van der Waals surface area contributed by atoms with Gasteiger partial charge in [0.15, 0.2) is 5.82 Å². The summed E-state index contributed by atoms with van der Waals surface area (Å²) in [6.45, 7) is 3.88. The molecule has 2 atom stereocenters. The second-order valence-electron chi connectivity index (χ2n) is 5.20. The van der Waals surface area contributed by atoms with Crippen LogP contribution in [0.5, 0.6) is 0 Å². The molecule has 2 unspecified atom stereocenters. The number of hydrogen-bond donors (Lipinski definition) is 0. The summed E-state index contributed by atoms with van der Waals surface area (Å²) in [6, 6.07) is 6.70. The maximum absolute atomic E-state index is 12.5. The average molecular weight is 352 g/mol. The quantitative estimate of drug-likeness (QED) is 0.783. The lowest BCUT2D eigenvalue weighted by atomic mass is 9.88.